The Labute approximate surface area is 379 Å². The largest absolute Gasteiger partial charge is 0.488 e. The standard InChI is InChI=1S/C48H60F2N8O7/c1-10-32(11-2)57(27(7)41(25(3)4)55-47(60)62-8)22-40-52-36-15-13-29-18-35-33-14-12-30(17-31(33)24-64-39(35)19-34(29)43(36)54-40)37-20-51-44(53-37)38-16-28(23-65-46(49)50)21-58(38)45(59)42(26(5)6)56-48(61)63-9/h1,12-15,17-20,25-28,32,36,38,41-43,46H,11,16,21-24H2,2-9H3,(H,51,53)(H,52,54)(H,55,60)(H,56,61)/t27?,28-,32-,36?,38-,41-,42-,43?/m0/s1. The molecule has 2 aromatic carbocycles. The van der Waals surface area contributed by atoms with E-state index in [9.17, 15) is 23.2 Å². The normalized spacial score (nSPS) is 21.2. The third kappa shape index (κ3) is 9.98. The summed E-state index contributed by atoms with van der Waals surface area (Å²) in [5, 5.41) is 9.27. The zero-order valence-electron chi connectivity index (χ0n) is 38.2. The fourth-order valence-corrected chi connectivity index (χ4v) is 9.60. The molecule has 3 aromatic rings. The van der Waals surface area contributed by atoms with Gasteiger partial charge < -0.3 is 44.8 Å². The summed E-state index contributed by atoms with van der Waals surface area (Å²) in [6, 6.07) is 8.18. The van der Waals surface area contributed by atoms with E-state index in [1.165, 1.54) is 14.2 Å². The summed E-state index contributed by atoms with van der Waals surface area (Å²) < 4.78 is 46.9. The summed E-state index contributed by atoms with van der Waals surface area (Å²) in [4.78, 5) is 55.5. The Hall–Kier alpha value is -5.99. The smallest absolute Gasteiger partial charge is 0.407 e. The minimum atomic E-state index is -2.94. The summed E-state index contributed by atoms with van der Waals surface area (Å²) in [6.45, 7) is 9.67. The molecule has 17 heteroatoms. The molecule has 3 unspecified atom stereocenters. The molecule has 3 amide bonds. The van der Waals surface area contributed by atoms with E-state index in [-0.39, 0.29) is 67.0 Å². The van der Waals surface area contributed by atoms with Crippen molar-refractivity contribution in [1.29, 1.82) is 0 Å². The van der Waals surface area contributed by atoms with Crippen molar-refractivity contribution in [3.8, 4) is 40.5 Å². The number of carbonyl (C=O) groups is 3. The number of amides is 3. The zero-order chi connectivity index (χ0) is 46.7. The van der Waals surface area contributed by atoms with Crippen molar-refractivity contribution in [1.82, 2.24) is 35.7 Å². The number of imidazole rings is 1. The lowest BCUT2D eigenvalue weighted by atomic mass is 9.86. The summed E-state index contributed by atoms with van der Waals surface area (Å²) in [7, 11) is 2.58. The number of aromatic nitrogens is 2. The van der Waals surface area contributed by atoms with Crippen LogP contribution in [0.3, 0.4) is 0 Å². The number of aromatic amines is 1. The van der Waals surface area contributed by atoms with Crippen LogP contribution in [0.4, 0.5) is 18.4 Å². The fraction of sp³-hybridized carbons (Fsp3) is 0.521. The molecular weight excluding hydrogens is 839 g/mol. The van der Waals surface area contributed by atoms with E-state index in [1.807, 2.05) is 6.07 Å². The number of fused-ring (bicyclic) bond motifs is 6. The number of alkyl carbamates (subject to hydrolysis) is 2. The van der Waals surface area contributed by atoms with E-state index in [0.717, 1.165) is 51.4 Å². The fourth-order valence-electron chi connectivity index (χ4n) is 9.60. The Balaban J connectivity index is 1.11. The Kier molecular flexibility index (Phi) is 14.5. The molecule has 1 aromatic heterocycles. The van der Waals surface area contributed by atoms with E-state index in [2.05, 4.69) is 106 Å². The Morgan fingerprint density at radius 3 is 2.48 bits per heavy atom. The summed E-state index contributed by atoms with van der Waals surface area (Å²) in [5.41, 5.74) is 6.67. The number of hydrogen-bond acceptors (Lipinski definition) is 11. The van der Waals surface area contributed by atoms with Crippen molar-refractivity contribution in [3.05, 3.63) is 65.1 Å². The van der Waals surface area contributed by atoms with Gasteiger partial charge in [-0.1, -0.05) is 64.8 Å². The van der Waals surface area contributed by atoms with Crippen molar-refractivity contribution in [2.45, 2.75) is 110 Å². The number of alkyl halides is 2. The number of rotatable bonds is 16. The number of hydrogen-bond donors (Lipinski definition) is 4. The molecule has 0 spiro atoms. The monoisotopic (exact) mass is 898 g/mol. The second-order valence-electron chi connectivity index (χ2n) is 17.8. The number of halogens is 2. The molecule has 4 heterocycles. The number of likely N-dealkylation sites (tertiary alicyclic amines) is 1. The highest BCUT2D eigenvalue weighted by molar-refractivity contribution is 5.89. The van der Waals surface area contributed by atoms with E-state index in [1.54, 1.807) is 24.9 Å². The molecule has 0 saturated carbocycles. The SMILES string of the molecule is C#C[C@@H](CC)N(CC1=NC2c3cc4c(cc3C=CC2N1)-c1ccc(-c2cnc([C@@H]3C[C@H](COC(F)F)CN3C(=O)[C@@H](NC(=O)OC)C(C)C)[nH]2)cc1CO4)C(C)[C@@H](NC(=O)OC)C(C)C. The summed E-state index contributed by atoms with van der Waals surface area (Å²) >= 11 is 0. The van der Waals surface area contributed by atoms with Gasteiger partial charge in [0.05, 0.1) is 57.4 Å². The van der Waals surface area contributed by atoms with E-state index >= 15 is 0 Å². The maximum absolute atomic E-state index is 14.0. The van der Waals surface area contributed by atoms with Gasteiger partial charge in [0.1, 0.15) is 36.1 Å². The number of amidine groups is 1. The number of H-pyrrole nitrogens is 1. The highest BCUT2D eigenvalue weighted by Gasteiger charge is 2.42. The van der Waals surface area contributed by atoms with Gasteiger partial charge in [0.2, 0.25) is 5.91 Å². The maximum Gasteiger partial charge on any atom is 0.407 e. The minimum absolute atomic E-state index is 0.0510. The Bertz CT molecular complexity index is 2340. The number of benzene rings is 2. The molecule has 8 atom stereocenters. The predicted molar refractivity (Wildman–Crippen MR) is 242 cm³/mol. The molecule has 348 valence electrons. The first kappa shape index (κ1) is 47.0. The molecule has 0 bridgehead atoms. The van der Waals surface area contributed by atoms with Gasteiger partial charge in [-0.25, -0.2) is 14.6 Å². The van der Waals surface area contributed by atoms with Crippen LogP contribution in [0, 0.1) is 30.1 Å². The maximum atomic E-state index is 14.0. The second-order valence-corrected chi connectivity index (χ2v) is 17.8. The van der Waals surface area contributed by atoms with Gasteiger partial charge >= 0.3 is 18.8 Å². The van der Waals surface area contributed by atoms with Crippen LogP contribution in [-0.4, -0.2) is 114 Å². The van der Waals surface area contributed by atoms with Crippen molar-refractivity contribution < 1.29 is 42.1 Å². The van der Waals surface area contributed by atoms with Crippen molar-refractivity contribution >= 4 is 30.0 Å². The van der Waals surface area contributed by atoms with Crippen molar-refractivity contribution in [2.24, 2.45) is 22.7 Å². The van der Waals surface area contributed by atoms with Gasteiger partial charge in [-0.15, -0.1) is 6.42 Å². The van der Waals surface area contributed by atoms with Crippen molar-refractivity contribution in [3.63, 3.8) is 0 Å². The lowest BCUT2D eigenvalue weighted by molar-refractivity contribution is -0.139. The lowest BCUT2D eigenvalue weighted by Gasteiger charge is -2.39. The number of aliphatic imine (C=N–C) groups is 1. The topological polar surface area (TPSA) is 172 Å². The Morgan fingerprint density at radius 1 is 1.05 bits per heavy atom. The minimum Gasteiger partial charge on any atom is -0.488 e. The number of nitrogens with one attached hydrogen (secondary N) is 4. The first-order valence-corrected chi connectivity index (χ1v) is 22.3. The van der Waals surface area contributed by atoms with Gasteiger partial charge in [0.25, 0.3) is 0 Å². The summed E-state index contributed by atoms with van der Waals surface area (Å²) in [5.74, 6) is 4.13. The van der Waals surface area contributed by atoms with Crippen LogP contribution < -0.4 is 20.7 Å². The lowest BCUT2D eigenvalue weighted by Crippen LogP contribution is -2.57. The molecule has 4 aliphatic rings. The highest BCUT2D eigenvalue weighted by Crippen LogP contribution is 2.45. The number of carbonyl (C=O) groups excluding carboxylic acids is 3. The van der Waals surface area contributed by atoms with E-state index in [0.29, 0.717) is 31.1 Å². The molecular formula is C48H60F2N8O7. The predicted octanol–water partition coefficient (Wildman–Crippen LogP) is 7.07. The third-order valence-corrected chi connectivity index (χ3v) is 13.0. The first-order valence-electron chi connectivity index (χ1n) is 22.3. The van der Waals surface area contributed by atoms with Gasteiger partial charge in [-0.2, -0.15) is 8.78 Å². The van der Waals surface area contributed by atoms with Crippen LogP contribution in [0.2, 0.25) is 0 Å². The molecule has 4 N–H and O–H groups in total. The Morgan fingerprint density at radius 2 is 1.80 bits per heavy atom. The number of terminal acetylenes is 1. The highest BCUT2D eigenvalue weighted by atomic mass is 19.3. The molecule has 1 saturated heterocycles. The molecule has 3 aliphatic heterocycles. The van der Waals surface area contributed by atoms with Crippen LogP contribution >= 0.6 is 0 Å². The van der Waals surface area contributed by atoms with Crippen LogP contribution in [0.25, 0.3) is 28.5 Å². The molecule has 7 rings (SSSR count). The number of ether oxygens (including phenoxy) is 4. The van der Waals surface area contributed by atoms with Gasteiger partial charge in [-0.05, 0) is 77.6 Å². The van der Waals surface area contributed by atoms with E-state index in [4.69, 9.17) is 25.6 Å². The van der Waals surface area contributed by atoms with Gasteiger partial charge in [0, 0.05) is 30.1 Å². The van der Waals surface area contributed by atoms with E-state index < -0.39 is 30.9 Å². The summed E-state index contributed by atoms with van der Waals surface area (Å²) in [6.07, 6.45) is 11.9. The number of methoxy groups -OCH3 is 2. The first-order chi connectivity index (χ1) is 31.1. The molecule has 65 heavy (non-hydrogen) atoms. The molecule has 1 aliphatic carbocycles. The van der Waals surface area contributed by atoms with Crippen LogP contribution in [0.5, 0.6) is 5.75 Å². The third-order valence-electron chi connectivity index (χ3n) is 13.0. The number of nitrogens with zero attached hydrogens (tertiary/aromatic N) is 4. The van der Waals surface area contributed by atoms with Crippen molar-refractivity contribution in [2.75, 3.05) is 33.9 Å². The van der Waals surface area contributed by atoms with Crippen LogP contribution in [-0.2, 0) is 25.6 Å². The molecule has 15 nitrogen and oxygen atoms in total. The van der Waals surface area contributed by atoms with Crippen LogP contribution in [0.15, 0.2) is 47.6 Å². The quantitative estimate of drug-likeness (QED) is 0.109. The zero-order valence-corrected chi connectivity index (χ0v) is 38.2. The molecule has 1 fully saturated rings. The second kappa shape index (κ2) is 20.0. The van der Waals surface area contributed by atoms with Gasteiger partial charge in [-0.3, -0.25) is 14.7 Å². The average molecular weight is 899 g/mol. The average Bonchev–Trinajstić information content (AvgIpc) is 4.07. The van der Waals surface area contributed by atoms with Gasteiger partial charge in [0.15, 0.2) is 0 Å². The van der Waals surface area contributed by atoms with Crippen LogP contribution in [0.1, 0.15) is 89.0 Å². The molecule has 0 radical (unpaired) electrons.